The summed E-state index contributed by atoms with van der Waals surface area (Å²) in [6.45, 7) is 2.19. The number of benzene rings is 1. The Balaban J connectivity index is 1.50. The van der Waals surface area contributed by atoms with Crippen molar-refractivity contribution >= 4 is 23.5 Å². The quantitative estimate of drug-likeness (QED) is 0.290. The van der Waals surface area contributed by atoms with Gasteiger partial charge in [-0.25, -0.2) is 4.39 Å². The molecule has 3 atom stereocenters. The average molecular weight is 421 g/mol. The van der Waals surface area contributed by atoms with Crippen LogP contribution in [0.15, 0.2) is 24.3 Å². The molecular formula is C24H33FO3S. The van der Waals surface area contributed by atoms with Gasteiger partial charge in [0.15, 0.2) is 0 Å². The summed E-state index contributed by atoms with van der Waals surface area (Å²) in [5.74, 6) is -0.651. The van der Waals surface area contributed by atoms with E-state index in [2.05, 4.69) is 6.92 Å². The first kappa shape index (κ1) is 22.3. The summed E-state index contributed by atoms with van der Waals surface area (Å²) >= 11 is 1.54. The molecule has 0 amide bonds. The first-order valence-electron chi connectivity index (χ1n) is 11.2. The van der Waals surface area contributed by atoms with Crippen LogP contribution in [-0.4, -0.2) is 22.4 Å². The number of hydrogen-bond acceptors (Lipinski definition) is 4. The third-order valence-corrected chi connectivity index (χ3v) is 7.40. The Bertz CT molecular complexity index is 688. The summed E-state index contributed by atoms with van der Waals surface area (Å²) in [6, 6.07) is 6.62. The molecule has 29 heavy (non-hydrogen) atoms. The molecule has 2 aliphatic rings. The number of unbranched alkanes of at least 4 members (excludes halogenated alkanes) is 5. The Hall–Kier alpha value is -1.36. The molecule has 160 valence electrons. The Morgan fingerprint density at radius 2 is 1.79 bits per heavy atom. The fourth-order valence-electron chi connectivity index (χ4n) is 4.10. The van der Waals surface area contributed by atoms with Crippen molar-refractivity contribution in [2.75, 3.05) is 0 Å². The van der Waals surface area contributed by atoms with E-state index in [-0.39, 0.29) is 34.2 Å². The number of rotatable bonds is 12. The highest BCUT2D eigenvalue weighted by molar-refractivity contribution is 8.00. The van der Waals surface area contributed by atoms with Gasteiger partial charge in [-0.2, -0.15) is 0 Å². The lowest BCUT2D eigenvalue weighted by atomic mass is 9.87. The van der Waals surface area contributed by atoms with E-state index < -0.39 is 5.92 Å². The van der Waals surface area contributed by atoms with Crippen LogP contribution in [-0.2, 0) is 14.3 Å². The van der Waals surface area contributed by atoms with Crippen LogP contribution in [0.1, 0.15) is 89.0 Å². The standard InChI is InChI=1S/C24H33FO3S/c1-2-3-4-5-6-7-12-21(26)28-22-16-15-20(29-22)23(24(27)17-13-14-17)18-10-8-9-11-19(18)25/h8-11,17,20,22-23H,2-7,12-16H2,1H3. The average Bonchev–Trinajstić information content (AvgIpc) is 3.47. The van der Waals surface area contributed by atoms with Gasteiger partial charge in [-0.1, -0.05) is 57.2 Å². The van der Waals surface area contributed by atoms with Crippen LogP contribution in [0.3, 0.4) is 0 Å². The number of halogens is 1. The van der Waals surface area contributed by atoms with Gasteiger partial charge in [0.2, 0.25) is 0 Å². The van der Waals surface area contributed by atoms with Crippen molar-refractivity contribution < 1.29 is 18.7 Å². The zero-order chi connectivity index (χ0) is 20.6. The smallest absolute Gasteiger partial charge is 0.306 e. The second-order valence-corrected chi connectivity index (χ2v) is 9.77. The van der Waals surface area contributed by atoms with Crippen LogP contribution in [0, 0.1) is 11.7 Å². The molecule has 0 N–H and O–H groups in total. The maximum absolute atomic E-state index is 14.4. The van der Waals surface area contributed by atoms with Crippen molar-refractivity contribution in [3.63, 3.8) is 0 Å². The number of thioether (sulfide) groups is 1. The number of ether oxygens (including phenoxy) is 1. The highest BCUT2D eigenvalue weighted by atomic mass is 32.2. The maximum Gasteiger partial charge on any atom is 0.306 e. The topological polar surface area (TPSA) is 43.4 Å². The molecule has 2 fully saturated rings. The molecule has 1 aromatic rings. The summed E-state index contributed by atoms with van der Waals surface area (Å²) in [5, 5.41) is -0.0214. The van der Waals surface area contributed by atoms with Crippen molar-refractivity contribution in [3.8, 4) is 0 Å². The Kier molecular flexibility index (Phi) is 8.58. The molecule has 5 heteroatoms. The van der Waals surface area contributed by atoms with E-state index in [0.29, 0.717) is 12.0 Å². The molecule has 1 aliphatic carbocycles. The summed E-state index contributed by atoms with van der Waals surface area (Å²) < 4.78 is 20.1. The molecule has 3 nitrogen and oxygen atoms in total. The van der Waals surface area contributed by atoms with E-state index in [1.54, 1.807) is 30.0 Å². The number of esters is 1. The van der Waals surface area contributed by atoms with Crippen molar-refractivity contribution in [2.45, 2.75) is 94.2 Å². The highest BCUT2D eigenvalue weighted by Gasteiger charge is 2.43. The van der Waals surface area contributed by atoms with Gasteiger partial charge in [0.25, 0.3) is 0 Å². The summed E-state index contributed by atoms with van der Waals surface area (Å²) in [6.07, 6.45) is 10.6. The third-order valence-electron chi connectivity index (χ3n) is 5.91. The van der Waals surface area contributed by atoms with Crippen molar-refractivity contribution in [3.05, 3.63) is 35.6 Å². The number of carbonyl (C=O) groups is 2. The number of carbonyl (C=O) groups excluding carboxylic acids is 2. The highest BCUT2D eigenvalue weighted by Crippen LogP contribution is 2.47. The van der Waals surface area contributed by atoms with Gasteiger partial charge in [-0.3, -0.25) is 9.59 Å². The predicted octanol–water partition coefficient (Wildman–Crippen LogP) is 6.40. The summed E-state index contributed by atoms with van der Waals surface area (Å²) in [5.41, 5.74) is 0.287. The van der Waals surface area contributed by atoms with Crippen molar-refractivity contribution in [1.82, 2.24) is 0 Å². The molecule has 1 aliphatic heterocycles. The van der Waals surface area contributed by atoms with Crippen molar-refractivity contribution in [2.24, 2.45) is 5.92 Å². The predicted molar refractivity (Wildman–Crippen MR) is 115 cm³/mol. The van der Waals surface area contributed by atoms with E-state index in [9.17, 15) is 14.0 Å². The largest absolute Gasteiger partial charge is 0.451 e. The number of hydrogen-bond donors (Lipinski definition) is 0. The van der Waals surface area contributed by atoms with Crippen LogP contribution < -0.4 is 0 Å². The fourth-order valence-corrected chi connectivity index (χ4v) is 5.64. The van der Waals surface area contributed by atoms with Gasteiger partial charge in [0.1, 0.15) is 17.0 Å². The maximum atomic E-state index is 14.4. The monoisotopic (exact) mass is 420 g/mol. The van der Waals surface area contributed by atoms with Crippen LogP contribution in [0.4, 0.5) is 4.39 Å². The van der Waals surface area contributed by atoms with Gasteiger partial charge < -0.3 is 4.74 Å². The van der Waals surface area contributed by atoms with E-state index in [4.69, 9.17) is 4.74 Å². The van der Waals surface area contributed by atoms with Crippen LogP contribution in [0.2, 0.25) is 0 Å². The first-order chi connectivity index (χ1) is 14.1. The zero-order valence-corrected chi connectivity index (χ0v) is 18.2. The molecule has 1 saturated heterocycles. The molecule has 1 aromatic carbocycles. The van der Waals surface area contributed by atoms with E-state index in [1.165, 1.54) is 31.7 Å². The molecule has 3 unspecified atom stereocenters. The zero-order valence-electron chi connectivity index (χ0n) is 17.4. The molecule has 1 heterocycles. The van der Waals surface area contributed by atoms with Gasteiger partial charge in [0, 0.05) is 17.6 Å². The Morgan fingerprint density at radius 3 is 2.52 bits per heavy atom. The Labute approximate surface area is 178 Å². The molecule has 1 saturated carbocycles. The van der Waals surface area contributed by atoms with Crippen LogP contribution in [0.25, 0.3) is 0 Å². The number of ketones is 1. The molecule has 3 rings (SSSR count). The summed E-state index contributed by atoms with van der Waals surface area (Å²) in [7, 11) is 0. The molecule has 0 spiro atoms. The second kappa shape index (κ2) is 11.1. The fraction of sp³-hybridized carbons (Fsp3) is 0.667. The van der Waals surface area contributed by atoms with Gasteiger partial charge in [-0.15, -0.1) is 11.8 Å². The van der Waals surface area contributed by atoms with Crippen molar-refractivity contribution in [1.29, 1.82) is 0 Å². The SMILES string of the molecule is CCCCCCCCC(=O)OC1CCC(C(C(=O)C2CC2)c2ccccc2F)S1. The van der Waals surface area contributed by atoms with Gasteiger partial charge in [0.05, 0.1) is 5.92 Å². The van der Waals surface area contributed by atoms with Crippen LogP contribution >= 0.6 is 11.8 Å². The minimum absolute atomic E-state index is 0.0214. The minimum Gasteiger partial charge on any atom is -0.451 e. The lowest BCUT2D eigenvalue weighted by Gasteiger charge is -2.23. The minimum atomic E-state index is -0.434. The first-order valence-corrected chi connectivity index (χ1v) is 12.2. The molecular weight excluding hydrogens is 387 g/mol. The number of Topliss-reactive ketones (excluding diaryl/α,β-unsaturated/α-hetero) is 1. The molecule has 0 radical (unpaired) electrons. The lowest BCUT2D eigenvalue weighted by molar-refractivity contribution is -0.145. The Morgan fingerprint density at radius 1 is 1.07 bits per heavy atom. The normalized spacial score (nSPS) is 22.4. The third kappa shape index (κ3) is 6.56. The van der Waals surface area contributed by atoms with E-state index in [0.717, 1.165) is 38.5 Å². The molecule has 0 aromatic heterocycles. The summed E-state index contributed by atoms with van der Waals surface area (Å²) in [4.78, 5) is 25.1. The van der Waals surface area contributed by atoms with E-state index >= 15 is 0 Å². The molecule has 0 bridgehead atoms. The van der Waals surface area contributed by atoms with Gasteiger partial charge in [-0.05, 0) is 43.7 Å². The van der Waals surface area contributed by atoms with E-state index in [1.807, 2.05) is 0 Å². The lowest BCUT2D eigenvalue weighted by Crippen LogP contribution is -2.25. The second-order valence-electron chi connectivity index (χ2n) is 8.36. The van der Waals surface area contributed by atoms with Crippen LogP contribution in [0.5, 0.6) is 0 Å². The van der Waals surface area contributed by atoms with Gasteiger partial charge >= 0.3 is 5.97 Å².